The average molecular weight is 496 g/mol. The van der Waals surface area contributed by atoms with Crippen molar-refractivity contribution < 1.29 is 24.2 Å². The van der Waals surface area contributed by atoms with Gasteiger partial charge >= 0.3 is 5.97 Å². The minimum absolute atomic E-state index is 0.0937. The first-order valence-electron chi connectivity index (χ1n) is 13.2. The number of nitrogens with one attached hydrogen (secondary N) is 1. The van der Waals surface area contributed by atoms with Crippen LogP contribution in [0.4, 0.5) is 0 Å². The number of phenolic OH excluding ortho intramolecular Hbond substituents is 1. The number of phenols is 1. The molecule has 2 N–H and O–H groups in total. The summed E-state index contributed by atoms with van der Waals surface area (Å²) in [6, 6.07) is 5.12. The highest BCUT2D eigenvalue weighted by molar-refractivity contribution is 5.85. The van der Waals surface area contributed by atoms with Crippen LogP contribution in [0, 0.1) is 5.92 Å². The Morgan fingerprint density at radius 2 is 2.03 bits per heavy atom. The smallest absolute Gasteiger partial charge is 0.325 e. The van der Waals surface area contributed by atoms with Crippen LogP contribution >= 0.6 is 0 Å². The average Bonchev–Trinajstić information content (AvgIpc) is 3.28. The Hall–Kier alpha value is -3.29. The number of hydrogen-bond donors (Lipinski definition) is 2. The summed E-state index contributed by atoms with van der Waals surface area (Å²) in [6.07, 6.45) is 11.2. The molecular formula is C28H37N3O5. The van der Waals surface area contributed by atoms with Crippen LogP contribution in [0.15, 0.2) is 36.2 Å². The molecule has 8 heteroatoms. The van der Waals surface area contributed by atoms with Crippen LogP contribution in [0.25, 0.3) is 10.9 Å². The van der Waals surface area contributed by atoms with E-state index in [2.05, 4.69) is 11.1 Å². The number of benzene rings is 1. The maximum atomic E-state index is 13.1. The van der Waals surface area contributed by atoms with Crippen LogP contribution in [0.2, 0.25) is 0 Å². The van der Waals surface area contributed by atoms with Crippen molar-refractivity contribution in [2.24, 2.45) is 5.92 Å². The normalized spacial score (nSPS) is 17.4. The number of allylic oxidation sites excluding steroid dienone is 2. The van der Waals surface area contributed by atoms with Crippen LogP contribution in [-0.2, 0) is 25.5 Å². The van der Waals surface area contributed by atoms with Crippen molar-refractivity contribution >= 4 is 28.7 Å². The van der Waals surface area contributed by atoms with Crippen molar-refractivity contribution in [1.29, 1.82) is 0 Å². The Bertz CT molecular complexity index is 1120. The Kier molecular flexibility index (Phi) is 8.67. The van der Waals surface area contributed by atoms with Crippen molar-refractivity contribution in [3.05, 3.63) is 41.7 Å². The zero-order chi connectivity index (χ0) is 25.5. The molecule has 36 heavy (non-hydrogen) atoms. The number of aromatic nitrogens is 1. The third kappa shape index (κ3) is 6.28. The van der Waals surface area contributed by atoms with Gasteiger partial charge in [-0.2, -0.15) is 0 Å². The van der Waals surface area contributed by atoms with Crippen LogP contribution in [-0.4, -0.2) is 63.9 Å². The fourth-order valence-corrected chi connectivity index (χ4v) is 5.41. The van der Waals surface area contributed by atoms with Gasteiger partial charge in [-0.3, -0.25) is 14.4 Å². The fourth-order valence-electron chi connectivity index (χ4n) is 5.41. The standard InChI is InChI=1S/C28H37N3O5/c1-2-36-28(35)19-30(16-14-21-18-29-24-13-12-22(32)17-23(21)24)26(33)10-5-11-27(34)31-15-6-8-20-7-3-4-9-25(20)31/h9,12-13,17-18,20,29,32H,2-8,10-11,14-16,19H2,1H3. The summed E-state index contributed by atoms with van der Waals surface area (Å²) in [6.45, 7) is 2.98. The number of carbonyl (C=O) groups excluding carboxylic acids is 3. The molecule has 2 aromatic rings. The Morgan fingerprint density at radius 1 is 1.19 bits per heavy atom. The number of likely N-dealkylation sites (tertiary alicyclic amines) is 1. The van der Waals surface area contributed by atoms with E-state index >= 15 is 0 Å². The van der Waals surface area contributed by atoms with E-state index in [1.165, 1.54) is 17.0 Å². The molecule has 1 atom stereocenters. The fraction of sp³-hybridized carbons (Fsp3) is 0.536. The van der Waals surface area contributed by atoms with Crippen LogP contribution in [0.3, 0.4) is 0 Å². The van der Waals surface area contributed by atoms with E-state index in [-0.39, 0.29) is 37.1 Å². The molecule has 0 saturated carbocycles. The molecule has 2 aliphatic rings. The molecule has 0 spiro atoms. The van der Waals surface area contributed by atoms with Crippen LogP contribution in [0.1, 0.15) is 63.9 Å². The molecule has 1 fully saturated rings. The summed E-state index contributed by atoms with van der Waals surface area (Å²) in [5.74, 6) is 0.172. The lowest BCUT2D eigenvalue weighted by Gasteiger charge is -2.38. The number of piperidine rings is 1. The highest BCUT2D eigenvalue weighted by atomic mass is 16.5. The minimum atomic E-state index is -0.443. The van der Waals surface area contributed by atoms with E-state index in [4.69, 9.17) is 4.74 Å². The lowest BCUT2D eigenvalue weighted by Crippen LogP contribution is -2.39. The van der Waals surface area contributed by atoms with E-state index in [0.29, 0.717) is 31.7 Å². The minimum Gasteiger partial charge on any atom is -0.508 e. The largest absolute Gasteiger partial charge is 0.508 e. The van der Waals surface area contributed by atoms with E-state index in [0.717, 1.165) is 48.7 Å². The summed E-state index contributed by atoms with van der Waals surface area (Å²) in [4.78, 5) is 44.9. The number of rotatable bonds is 10. The molecule has 4 rings (SSSR count). The molecule has 1 aliphatic carbocycles. The zero-order valence-electron chi connectivity index (χ0n) is 21.1. The summed E-state index contributed by atoms with van der Waals surface area (Å²) in [7, 11) is 0. The second-order valence-electron chi connectivity index (χ2n) is 9.71. The predicted octanol–water partition coefficient (Wildman–Crippen LogP) is 4.28. The topological polar surface area (TPSA) is 103 Å². The molecule has 0 radical (unpaired) electrons. The number of fused-ring (bicyclic) bond motifs is 2. The van der Waals surface area contributed by atoms with E-state index in [9.17, 15) is 19.5 Å². The number of H-pyrrole nitrogens is 1. The van der Waals surface area contributed by atoms with Gasteiger partial charge in [-0.05, 0) is 81.5 Å². The molecule has 2 amide bonds. The molecule has 1 unspecified atom stereocenters. The quantitative estimate of drug-likeness (QED) is 0.479. The number of esters is 1. The SMILES string of the molecule is CCOC(=O)CN(CCc1c[nH]c2ccc(O)cc12)C(=O)CCCC(=O)N1CCCC2CCCC=C21. The number of ether oxygens (including phenoxy) is 1. The van der Waals surface area contributed by atoms with Gasteiger partial charge in [0.15, 0.2) is 0 Å². The first-order chi connectivity index (χ1) is 17.5. The van der Waals surface area contributed by atoms with E-state index < -0.39 is 5.97 Å². The molecule has 1 aliphatic heterocycles. The Morgan fingerprint density at radius 3 is 2.86 bits per heavy atom. The lowest BCUT2D eigenvalue weighted by atomic mass is 9.85. The maximum Gasteiger partial charge on any atom is 0.325 e. The van der Waals surface area contributed by atoms with E-state index in [1.54, 1.807) is 25.1 Å². The number of aromatic amines is 1. The monoisotopic (exact) mass is 495 g/mol. The lowest BCUT2D eigenvalue weighted by molar-refractivity contribution is -0.149. The van der Waals surface area contributed by atoms with Gasteiger partial charge in [-0.1, -0.05) is 6.08 Å². The van der Waals surface area contributed by atoms with Crippen LogP contribution < -0.4 is 0 Å². The third-order valence-electron chi connectivity index (χ3n) is 7.24. The van der Waals surface area contributed by atoms with Gasteiger partial charge in [-0.25, -0.2) is 0 Å². The Labute approximate surface area is 212 Å². The first kappa shape index (κ1) is 25.8. The van der Waals surface area contributed by atoms with Crippen LogP contribution in [0.5, 0.6) is 5.75 Å². The second kappa shape index (κ2) is 12.1. The molecule has 1 aromatic carbocycles. The van der Waals surface area contributed by atoms with Crippen molar-refractivity contribution in [3.8, 4) is 5.75 Å². The maximum absolute atomic E-state index is 13.1. The second-order valence-corrected chi connectivity index (χ2v) is 9.71. The number of amides is 2. The van der Waals surface area contributed by atoms with E-state index in [1.807, 2.05) is 11.1 Å². The molecule has 8 nitrogen and oxygen atoms in total. The number of carbonyl (C=O) groups is 3. The van der Waals surface area contributed by atoms with Gasteiger partial charge in [0.1, 0.15) is 12.3 Å². The highest BCUT2D eigenvalue weighted by Crippen LogP contribution is 2.35. The van der Waals surface area contributed by atoms with Gasteiger partial charge in [-0.15, -0.1) is 0 Å². The van der Waals surface area contributed by atoms with Gasteiger partial charge in [0.2, 0.25) is 11.8 Å². The zero-order valence-corrected chi connectivity index (χ0v) is 21.1. The third-order valence-corrected chi connectivity index (χ3v) is 7.24. The van der Waals surface area contributed by atoms with Crippen molar-refractivity contribution in [1.82, 2.24) is 14.8 Å². The van der Waals surface area contributed by atoms with Crippen molar-refractivity contribution in [2.45, 2.75) is 64.7 Å². The van der Waals surface area contributed by atoms with Gasteiger partial charge in [0.25, 0.3) is 0 Å². The molecule has 1 aromatic heterocycles. The summed E-state index contributed by atoms with van der Waals surface area (Å²) < 4.78 is 5.08. The number of nitrogens with zero attached hydrogens (tertiary/aromatic N) is 2. The molecule has 2 heterocycles. The number of hydrogen-bond acceptors (Lipinski definition) is 5. The van der Waals surface area contributed by atoms with Gasteiger partial charge in [0.05, 0.1) is 6.61 Å². The molecular weight excluding hydrogens is 458 g/mol. The summed E-state index contributed by atoms with van der Waals surface area (Å²) >= 11 is 0. The summed E-state index contributed by atoms with van der Waals surface area (Å²) in [5, 5.41) is 10.7. The van der Waals surface area contributed by atoms with Gasteiger partial charge < -0.3 is 24.6 Å². The van der Waals surface area contributed by atoms with Crippen molar-refractivity contribution in [2.75, 3.05) is 26.2 Å². The van der Waals surface area contributed by atoms with Crippen molar-refractivity contribution in [3.63, 3.8) is 0 Å². The molecule has 0 bridgehead atoms. The van der Waals surface area contributed by atoms with Gasteiger partial charge in [0, 0.05) is 48.7 Å². The molecule has 1 saturated heterocycles. The first-order valence-corrected chi connectivity index (χ1v) is 13.2. The number of aromatic hydroxyl groups is 1. The molecule has 194 valence electrons. The predicted molar refractivity (Wildman–Crippen MR) is 137 cm³/mol. The Balaban J connectivity index is 1.34. The highest BCUT2D eigenvalue weighted by Gasteiger charge is 2.30. The summed E-state index contributed by atoms with van der Waals surface area (Å²) in [5.41, 5.74) is 3.05.